The maximum Gasteiger partial charge on any atom is 0.406 e. The van der Waals surface area contributed by atoms with Crippen LogP contribution in [0.2, 0.25) is 0 Å². The fraction of sp³-hybridized carbons (Fsp3) is 0.364. The molecule has 21 heavy (non-hydrogen) atoms. The summed E-state index contributed by atoms with van der Waals surface area (Å²) in [6.45, 7) is -0.240. The zero-order valence-corrected chi connectivity index (χ0v) is 10.8. The normalized spacial score (nSPS) is 13.3. The topological polar surface area (TPSA) is 88.6 Å². The van der Waals surface area contributed by atoms with Crippen molar-refractivity contribution in [1.29, 1.82) is 0 Å². The van der Waals surface area contributed by atoms with Crippen LogP contribution in [0.4, 0.5) is 18.0 Å². The fourth-order valence-electron chi connectivity index (χ4n) is 1.94. The lowest BCUT2D eigenvalue weighted by Gasteiger charge is -2.18. The van der Waals surface area contributed by atoms with Gasteiger partial charge in [0.05, 0.1) is 6.04 Å². The van der Waals surface area contributed by atoms with Crippen molar-refractivity contribution in [2.75, 3.05) is 0 Å². The van der Waals surface area contributed by atoms with Gasteiger partial charge in [-0.05, 0) is 19.1 Å². The Morgan fingerprint density at radius 2 is 2.19 bits per heavy atom. The van der Waals surface area contributed by atoms with Crippen LogP contribution < -0.4 is 11.0 Å². The number of carboxylic acid groups (broad SMARTS) is 1. The molecule has 1 amide bonds. The van der Waals surface area contributed by atoms with Gasteiger partial charge in [0.25, 0.3) is 0 Å². The fourth-order valence-corrected chi connectivity index (χ4v) is 1.94. The number of hydrogen-bond acceptors (Lipinski definition) is 3. The molecule has 0 aromatic carbocycles. The number of alkyl halides is 3. The first-order valence-electron chi connectivity index (χ1n) is 5.83. The van der Waals surface area contributed by atoms with E-state index in [9.17, 15) is 22.8 Å². The summed E-state index contributed by atoms with van der Waals surface area (Å²) in [4.78, 5) is 26.6. The van der Waals surface area contributed by atoms with Gasteiger partial charge >= 0.3 is 18.0 Å². The molecule has 2 aromatic rings. The Morgan fingerprint density at radius 1 is 1.52 bits per heavy atom. The first kappa shape index (κ1) is 14.9. The first-order chi connectivity index (χ1) is 9.69. The second kappa shape index (κ2) is 5.11. The molecule has 2 N–H and O–H groups in total. The zero-order chi connectivity index (χ0) is 15.8. The Labute approximate surface area is 115 Å². The highest BCUT2D eigenvalue weighted by Crippen LogP contribution is 2.19. The molecule has 0 saturated heterocycles. The number of carbonyl (C=O) groups is 1. The molecule has 114 valence electrons. The SMILES string of the molecule is CC(NC(=O)O)c1nc2cccn2c(=O)n1CC(F)(F)F. The summed E-state index contributed by atoms with van der Waals surface area (Å²) >= 11 is 0. The molecule has 0 spiro atoms. The minimum atomic E-state index is -4.63. The zero-order valence-electron chi connectivity index (χ0n) is 10.8. The molecule has 2 aromatic heterocycles. The number of aromatic nitrogens is 3. The van der Waals surface area contributed by atoms with Crippen LogP contribution in [0.25, 0.3) is 5.65 Å². The average molecular weight is 304 g/mol. The van der Waals surface area contributed by atoms with Gasteiger partial charge in [-0.25, -0.2) is 14.6 Å². The van der Waals surface area contributed by atoms with Crippen molar-refractivity contribution >= 4 is 11.7 Å². The number of fused-ring (bicyclic) bond motifs is 1. The highest BCUT2D eigenvalue weighted by atomic mass is 19.4. The van der Waals surface area contributed by atoms with Crippen molar-refractivity contribution in [3.63, 3.8) is 0 Å². The second-order valence-electron chi connectivity index (χ2n) is 4.36. The molecule has 0 aliphatic rings. The monoisotopic (exact) mass is 304 g/mol. The quantitative estimate of drug-likeness (QED) is 0.896. The van der Waals surface area contributed by atoms with Crippen LogP contribution in [0.1, 0.15) is 18.8 Å². The van der Waals surface area contributed by atoms with Crippen molar-refractivity contribution in [3.05, 3.63) is 34.6 Å². The van der Waals surface area contributed by atoms with Crippen LogP contribution in [0, 0.1) is 0 Å². The molecular formula is C11H11F3N4O3. The number of nitrogens with one attached hydrogen (secondary N) is 1. The maximum atomic E-state index is 12.6. The van der Waals surface area contributed by atoms with Crippen molar-refractivity contribution < 1.29 is 23.1 Å². The number of amides is 1. The van der Waals surface area contributed by atoms with E-state index in [1.807, 2.05) is 5.32 Å². The third kappa shape index (κ3) is 3.15. The van der Waals surface area contributed by atoms with Crippen molar-refractivity contribution in [3.8, 4) is 0 Å². The van der Waals surface area contributed by atoms with E-state index in [0.717, 1.165) is 4.40 Å². The van der Waals surface area contributed by atoms with Gasteiger partial charge in [-0.15, -0.1) is 0 Å². The van der Waals surface area contributed by atoms with E-state index in [1.165, 1.54) is 25.3 Å². The van der Waals surface area contributed by atoms with Gasteiger partial charge in [0.1, 0.15) is 18.0 Å². The van der Waals surface area contributed by atoms with Crippen LogP contribution in [-0.4, -0.2) is 31.3 Å². The molecule has 2 heterocycles. The third-order valence-electron chi connectivity index (χ3n) is 2.73. The molecule has 7 nitrogen and oxygen atoms in total. The molecular weight excluding hydrogens is 293 g/mol. The summed E-state index contributed by atoms with van der Waals surface area (Å²) in [6, 6.07) is 1.83. The molecule has 0 bridgehead atoms. The molecule has 0 aliphatic heterocycles. The van der Waals surface area contributed by atoms with E-state index in [-0.39, 0.29) is 11.5 Å². The van der Waals surface area contributed by atoms with E-state index < -0.39 is 30.5 Å². The number of halogens is 3. The number of hydrogen-bond donors (Lipinski definition) is 2. The summed E-state index contributed by atoms with van der Waals surface area (Å²) in [5.74, 6) is -0.300. The van der Waals surface area contributed by atoms with Gasteiger partial charge in [-0.2, -0.15) is 13.2 Å². The minimum absolute atomic E-state index is 0.146. The summed E-state index contributed by atoms with van der Waals surface area (Å²) in [5.41, 5.74) is -0.788. The molecule has 0 fully saturated rings. The van der Waals surface area contributed by atoms with Crippen molar-refractivity contribution in [1.82, 2.24) is 19.3 Å². The van der Waals surface area contributed by atoms with E-state index in [2.05, 4.69) is 4.98 Å². The van der Waals surface area contributed by atoms with Crippen LogP contribution >= 0.6 is 0 Å². The Morgan fingerprint density at radius 3 is 2.76 bits per heavy atom. The molecule has 0 aliphatic carbocycles. The smallest absolute Gasteiger partial charge is 0.406 e. The number of nitrogens with zero attached hydrogens (tertiary/aromatic N) is 3. The van der Waals surface area contributed by atoms with Gasteiger partial charge in [0, 0.05) is 6.20 Å². The average Bonchev–Trinajstić information content (AvgIpc) is 2.78. The molecule has 0 saturated carbocycles. The van der Waals surface area contributed by atoms with E-state index in [0.29, 0.717) is 4.57 Å². The second-order valence-corrected chi connectivity index (χ2v) is 4.36. The van der Waals surface area contributed by atoms with Crippen molar-refractivity contribution in [2.24, 2.45) is 0 Å². The number of rotatable bonds is 3. The summed E-state index contributed by atoms with van der Waals surface area (Å²) < 4.78 is 39.2. The molecule has 10 heteroatoms. The molecule has 2 rings (SSSR count). The first-order valence-corrected chi connectivity index (χ1v) is 5.83. The summed E-state index contributed by atoms with van der Waals surface area (Å²) in [6.07, 6.45) is -4.77. The highest BCUT2D eigenvalue weighted by Gasteiger charge is 2.31. The molecule has 1 unspecified atom stereocenters. The van der Waals surface area contributed by atoms with Gasteiger partial charge in [0.2, 0.25) is 0 Å². The third-order valence-corrected chi connectivity index (χ3v) is 2.73. The van der Waals surface area contributed by atoms with Crippen LogP contribution in [-0.2, 0) is 6.54 Å². The summed E-state index contributed by atoms with van der Waals surface area (Å²) in [5, 5.41) is 10.6. The minimum Gasteiger partial charge on any atom is -0.465 e. The standard InChI is InChI=1S/C11H11F3N4O3/c1-6(15-9(19)20)8-16-7-3-2-4-17(7)10(21)18(8)5-11(12,13)14/h2-4,6,15H,5H2,1H3,(H,19,20). The molecule has 0 radical (unpaired) electrons. The Kier molecular flexibility index (Phi) is 3.62. The maximum absolute atomic E-state index is 12.6. The lowest BCUT2D eigenvalue weighted by Crippen LogP contribution is -2.38. The van der Waals surface area contributed by atoms with Gasteiger partial charge in [-0.1, -0.05) is 0 Å². The Hall–Kier alpha value is -2.52. The summed E-state index contributed by atoms with van der Waals surface area (Å²) in [7, 11) is 0. The van der Waals surface area contributed by atoms with Crippen LogP contribution in [0.3, 0.4) is 0 Å². The lowest BCUT2D eigenvalue weighted by atomic mass is 10.3. The van der Waals surface area contributed by atoms with Gasteiger partial charge in [-0.3, -0.25) is 8.97 Å². The van der Waals surface area contributed by atoms with Gasteiger partial charge in [0.15, 0.2) is 0 Å². The van der Waals surface area contributed by atoms with Crippen LogP contribution in [0.5, 0.6) is 0 Å². The predicted octanol–water partition coefficient (Wildman–Crippen LogP) is 1.39. The molecule has 1 atom stereocenters. The van der Waals surface area contributed by atoms with E-state index in [4.69, 9.17) is 5.11 Å². The highest BCUT2D eigenvalue weighted by molar-refractivity contribution is 5.65. The van der Waals surface area contributed by atoms with Crippen molar-refractivity contribution in [2.45, 2.75) is 25.7 Å². The van der Waals surface area contributed by atoms with E-state index >= 15 is 0 Å². The largest absolute Gasteiger partial charge is 0.465 e. The Bertz CT molecular complexity index is 734. The Balaban J connectivity index is 2.62. The predicted molar refractivity (Wildman–Crippen MR) is 65.1 cm³/mol. The van der Waals surface area contributed by atoms with E-state index in [1.54, 1.807) is 0 Å². The van der Waals surface area contributed by atoms with Gasteiger partial charge < -0.3 is 10.4 Å². The van der Waals surface area contributed by atoms with Crippen LogP contribution in [0.15, 0.2) is 23.1 Å². The lowest BCUT2D eigenvalue weighted by molar-refractivity contribution is -0.142.